The Morgan fingerprint density at radius 1 is 1.21 bits per heavy atom. The van der Waals surface area contributed by atoms with E-state index in [2.05, 4.69) is 5.32 Å². The molecule has 0 aliphatic carbocycles. The van der Waals surface area contributed by atoms with Crippen LogP contribution >= 0.6 is 0 Å². The summed E-state index contributed by atoms with van der Waals surface area (Å²) in [4.78, 5) is 12.3. The van der Waals surface area contributed by atoms with Crippen LogP contribution in [0.1, 0.15) is 41.8 Å². The van der Waals surface area contributed by atoms with Gasteiger partial charge in [0.15, 0.2) is 0 Å². The zero-order valence-corrected chi connectivity index (χ0v) is 14.8. The van der Waals surface area contributed by atoms with Crippen molar-refractivity contribution in [2.24, 2.45) is 0 Å². The van der Waals surface area contributed by atoms with Crippen LogP contribution in [0.15, 0.2) is 42.5 Å². The topological polar surface area (TPSA) is 47.6 Å². The summed E-state index contributed by atoms with van der Waals surface area (Å²) in [5, 5.41) is 2.97. The number of methoxy groups -OCH3 is 1. The molecular weight excluding hydrogens is 302 g/mol. The monoisotopic (exact) mass is 327 g/mol. The van der Waals surface area contributed by atoms with Gasteiger partial charge in [0.2, 0.25) is 0 Å². The average Bonchev–Trinajstić information content (AvgIpc) is 2.59. The number of aryl methyl sites for hydroxylation is 1. The van der Waals surface area contributed by atoms with Crippen LogP contribution < -0.4 is 14.8 Å². The molecule has 1 atom stereocenters. The third kappa shape index (κ3) is 4.75. The van der Waals surface area contributed by atoms with Crippen LogP contribution in [0.2, 0.25) is 0 Å². The number of hydrogen-bond donors (Lipinski definition) is 1. The fourth-order valence-electron chi connectivity index (χ4n) is 2.31. The van der Waals surface area contributed by atoms with Gasteiger partial charge in [-0.15, -0.1) is 0 Å². The zero-order valence-electron chi connectivity index (χ0n) is 14.8. The molecule has 0 spiro atoms. The Labute approximate surface area is 143 Å². The molecule has 1 unspecified atom stereocenters. The van der Waals surface area contributed by atoms with E-state index in [-0.39, 0.29) is 11.9 Å². The van der Waals surface area contributed by atoms with Crippen molar-refractivity contribution in [3.8, 4) is 11.5 Å². The Morgan fingerprint density at radius 3 is 2.67 bits per heavy atom. The van der Waals surface area contributed by atoms with Gasteiger partial charge in [0.05, 0.1) is 7.11 Å². The normalized spacial score (nSPS) is 11.7. The minimum atomic E-state index is -0.0798. The molecule has 0 fully saturated rings. The quantitative estimate of drug-likeness (QED) is 0.832. The van der Waals surface area contributed by atoms with Crippen LogP contribution in [0.3, 0.4) is 0 Å². The maximum absolute atomic E-state index is 12.3. The van der Waals surface area contributed by atoms with Crippen molar-refractivity contribution in [2.75, 3.05) is 7.11 Å². The van der Waals surface area contributed by atoms with Gasteiger partial charge in [-0.25, -0.2) is 0 Å². The molecule has 0 heterocycles. The summed E-state index contributed by atoms with van der Waals surface area (Å²) in [5.74, 6) is 1.43. The van der Waals surface area contributed by atoms with E-state index in [0.717, 1.165) is 23.3 Å². The van der Waals surface area contributed by atoms with Crippen LogP contribution in [0.25, 0.3) is 0 Å². The summed E-state index contributed by atoms with van der Waals surface area (Å²) in [6.07, 6.45) is 0.894. The van der Waals surface area contributed by atoms with Gasteiger partial charge >= 0.3 is 0 Å². The standard InChI is InChI=1S/C20H25NO3/c1-5-15(3)21-20(22)16-9-10-19(23-4)17(12-16)13-24-18-8-6-7-14(2)11-18/h6-12,15H,5,13H2,1-4H3,(H,21,22). The van der Waals surface area contributed by atoms with E-state index in [1.165, 1.54) is 0 Å². The number of ether oxygens (including phenoxy) is 2. The van der Waals surface area contributed by atoms with Gasteiger partial charge in [-0.3, -0.25) is 4.79 Å². The molecule has 2 aromatic carbocycles. The van der Waals surface area contributed by atoms with E-state index in [9.17, 15) is 4.79 Å². The molecule has 0 radical (unpaired) electrons. The number of rotatable bonds is 7. The lowest BCUT2D eigenvalue weighted by Gasteiger charge is -2.14. The molecule has 1 amide bonds. The third-order valence-electron chi connectivity index (χ3n) is 3.92. The molecule has 1 N–H and O–H groups in total. The Balaban J connectivity index is 2.15. The van der Waals surface area contributed by atoms with Gasteiger partial charge in [-0.1, -0.05) is 19.1 Å². The molecule has 128 valence electrons. The highest BCUT2D eigenvalue weighted by atomic mass is 16.5. The summed E-state index contributed by atoms with van der Waals surface area (Å²) >= 11 is 0. The highest BCUT2D eigenvalue weighted by Gasteiger charge is 2.12. The third-order valence-corrected chi connectivity index (χ3v) is 3.92. The van der Waals surface area contributed by atoms with Gasteiger partial charge in [-0.2, -0.15) is 0 Å². The van der Waals surface area contributed by atoms with Crippen molar-refractivity contribution in [3.63, 3.8) is 0 Å². The SMILES string of the molecule is CCC(C)NC(=O)c1ccc(OC)c(COc2cccc(C)c2)c1. The highest BCUT2D eigenvalue weighted by molar-refractivity contribution is 5.94. The lowest BCUT2D eigenvalue weighted by molar-refractivity contribution is 0.0939. The Kier molecular flexibility index (Phi) is 6.24. The largest absolute Gasteiger partial charge is 0.496 e. The maximum atomic E-state index is 12.3. The average molecular weight is 327 g/mol. The second-order valence-corrected chi connectivity index (χ2v) is 5.91. The number of benzene rings is 2. The van der Waals surface area contributed by atoms with E-state index >= 15 is 0 Å². The number of hydrogen-bond acceptors (Lipinski definition) is 3. The summed E-state index contributed by atoms with van der Waals surface area (Å²) in [6.45, 7) is 6.40. The molecule has 4 nitrogen and oxygen atoms in total. The summed E-state index contributed by atoms with van der Waals surface area (Å²) < 4.78 is 11.2. The first-order valence-electron chi connectivity index (χ1n) is 8.20. The van der Waals surface area contributed by atoms with Crippen LogP contribution in [0, 0.1) is 6.92 Å². The predicted molar refractivity (Wildman–Crippen MR) is 95.7 cm³/mol. The summed E-state index contributed by atoms with van der Waals surface area (Å²) in [7, 11) is 1.62. The zero-order chi connectivity index (χ0) is 17.5. The fourth-order valence-corrected chi connectivity index (χ4v) is 2.31. The van der Waals surface area contributed by atoms with Crippen LogP contribution in [0.5, 0.6) is 11.5 Å². The second kappa shape index (κ2) is 8.39. The molecular formula is C20H25NO3. The number of amides is 1. The smallest absolute Gasteiger partial charge is 0.251 e. The molecule has 0 aromatic heterocycles. The Morgan fingerprint density at radius 2 is 2.00 bits per heavy atom. The molecule has 0 bridgehead atoms. The Hall–Kier alpha value is -2.49. The molecule has 0 aliphatic rings. The van der Waals surface area contributed by atoms with Crippen molar-refractivity contribution in [3.05, 3.63) is 59.2 Å². The first kappa shape index (κ1) is 17.9. The van der Waals surface area contributed by atoms with Crippen LogP contribution in [-0.2, 0) is 6.61 Å². The minimum Gasteiger partial charge on any atom is -0.496 e. The van der Waals surface area contributed by atoms with Crippen LogP contribution in [0.4, 0.5) is 0 Å². The maximum Gasteiger partial charge on any atom is 0.251 e. The predicted octanol–water partition coefficient (Wildman–Crippen LogP) is 4.11. The molecule has 0 saturated heterocycles. The lowest BCUT2D eigenvalue weighted by Crippen LogP contribution is -2.31. The van der Waals surface area contributed by atoms with Crippen molar-refractivity contribution in [2.45, 2.75) is 39.8 Å². The molecule has 2 rings (SSSR count). The van der Waals surface area contributed by atoms with E-state index in [1.54, 1.807) is 19.2 Å². The Bertz CT molecular complexity index is 697. The van der Waals surface area contributed by atoms with E-state index < -0.39 is 0 Å². The van der Waals surface area contributed by atoms with E-state index in [1.807, 2.05) is 51.1 Å². The first-order valence-corrected chi connectivity index (χ1v) is 8.20. The van der Waals surface area contributed by atoms with Crippen LogP contribution in [-0.4, -0.2) is 19.1 Å². The number of carbonyl (C=O) groups excluding carboxylic acids is 1. The molecule has 0 aliphatic heterocycles. The van der Waals surface area contributed by atoms with Gasteiger partial charge in [0.1, 0.15) is 18.1 Å². The van der Waals surface area contributed by atoms with Crippen molar-refractivity contribution < 1.29 is 14.3 Å². The molecule has 24 heavy (non-hydrogen) atoms. The van der Waals surface area contributed by atoms with E-state index in [4.69, 9.17) is 9.47 Å². The molecule has 2 aromatic rings. The van der Waals surface area contributed by atoms with Crippen molar-refractivity contribution in [1.29, 1.82) is 0 Å². The fraction of sp³-hybridized carbons (Fsp3) is 0.350. The van der Waals surface area contributed by atoms with Crippen molar-refractivity contribution >= 4 is 5.91 Å². The molecule has 4 heteroatoms. The highest BCUT2D eigenvalue weighted by Crippen LogP contribution is 2.23. The van der Waals surface area contributed by atoms with E-state index in [0.29, 0.717) is 17.9 Å². The van der Waals surface area contributed by atoms with Gasteiger partial charge in [0, 0.05) is 17.2 Å². The number of carbonyl (C=O) groups is 1. The number of nitrogens with one attached hydrogen (secondary N) is 1. The lowest BCUT2D eigenvalue weighted by atomic mass is 10.1. The van der Waals surface area contributed by atoms with Gasteiger partial charge < -0.3 is 14.8 Å². The van der Waals surface area contributed by atoms with Gasteiger partial charge in [0.25, 0.3) is 5.91 Å². The van der Waals surface area contributed by atoms with Gasteiger partial charge in [-0.05, 0) is 56.2 Å². The first-order chi connectivity index (χ1) is 11.5. The summed E-state index contributed by atoms with van der Waals surface area (Å²) in [5.41, 5.74) is 2.59. The second-order valence-electron chi connectivity index (χ2n) is 5.91. The summed E-state index contributed by atoms with van der Waals surface area (Å²) in [6, 6.07) is 13.4. The minimum absolute atomic E-state index is 0.0798. The molecule has 0 saturated carbocycles. The van der Waals surface area contributed by atoms with Crippen molar-refractivity contribution in [1.82, 2.24) is 5.32 Å².